The van der Waals surface area contributed by atoms with E-state index in [2.05, 4.69) is 10.6 Å². The Morgan fingerprint density at radius 1 is 1.28 bits per heavy atom. The molecule has 0 radical (unpaired) electrons. The summed E-state index contributed by atoms with van der Waals surface area (Å²) in [6.07, 6.45) is 3.89. The first-order valence-corrected chi connectivity index (χ1v) is 6.47. The second kappa shape index (κ2) is 6.58. The first-order valence-electron chi connectivity index (χ1n) is 6.47. The zero-order chi connectivity index (χ0) is 13.7. The summed E-state index contributed by atoms with van der Waals surface area (Å²) in [5, 5.41) is 14.2. The van der Waals surface area contributed by atoms with Crippen molar-refractivity contribution in [3.05, 3.63) is 0 Å². The predicted octanol–water partition coefficient (Wildman–Crippen LogP) is 0.665. The molecule has 1 rings (SSSR count). The van der Waals surface area contributed by atoms with E-state index >= 15 is 0 Å². The fourth-order valence-electron chi connectivity index (χ4n) is 2.20. The maximum Gasteiger partial charge on any atom is 0.326 e. The zero-order valence-corrected chi connectivity index (χ0v) is 11.0. The summed E-state index contributed by atoms with van der Waals surface area (Å²) in [7, 11) is 0. The number of rotatable bonds is 4. The van der Waals surface area contributed by atoms with E-state index in [0.717, 1.165) is 25.7 Å². The Hall–Kier alpha value is -1.30. The maximum absolute atomic E-state index is 11.7. The number of carbonyl (C=O) groups excluding carboxylic acids is 1. The van der Waals surface area contributed by atoms with Crippen LogP contribution in [-0.4, -0.2) is 35.2 Å². The van der Waals surface area contributed by atoms with E-state index in [4.69, 9.17) is 10.8 Å². The van der Waals surface area contributed by atoms with Gasteiger partial charge in [0.15, 0.2) is 0 Å². The van der Waals surface area contributed by atoms with Gasteiger partial charge in [0.25, 0.3) is 0 Å². The van der Waals surface area contributed by atoms with Crippen molar-refractivity contribution in [2.75, 3.05) is 0 Å². The third kappa shape index (κ3) is 4.18. The van der Waals surface area contributed by atoms with Gasteiger partial charge < -0.3 is 21.5 Å². The Morgan fingerprint density at radius 2 is 1.89 bits per heavy atom. The minimum atomic E-state index is -1.02. The van der Waals surface area contributed by atoms with Gasteiger partial charge in [-0.25, -0.2) is 9.59 Å². The number of aliphatic carboxylic acids is 1. The average molecular weight is 257 g/mol. The normalized spacial score (nSPS) is 25.6. The fraction of sp³-hybridized carbons (Fsp3) is 0.833. The molecule has 0 heterocycles. The molecule has 6 heteroatoms. The largest absolute Gasteiger partial charge is 0.480 e. The lowest BCUT2D eigenvalue weighted by Gasteiger charge is -2.30. The van der Waals surface area contributed by atoms with Gasteiger partial charge >= 0.3 is 12.0 Å². The van der Waals surface area contributed by atoms with Crippen molar-refractivity contribution in [3.8, 4) is 0 Å². The first kappa shape index (κ1) is 14.8. The van der Waals surface area contributed by atoms with Crippen LogP contribution in [0, 0.1) is 5.92 Å². The molecule has 104 valence electrons. The predicted molar refractivity (Wildman–Crippen MR) is 68.2 cm³/mol. The van der Waals surface area contributed by atoms with Crippen LogP contribution in [0.15, 0.2) is 0 Å². The van der Waals surface area contributed by atoms with Crippen LogP contribution in [0.25, 0.3) is 0 Å². The summed E-state index contributed by atoms with van der Waals surface area (Å²) in [6.45, 7) is 3.51. The third-order valence-electron chi connectivity index (χ3n) is 3.36. The van der Waals surface area contributed by atoms with Crippen molar-refractivity contribution in [1.29, 1.82) is 0 Å². The molecule has 0 aromatic heterocycles. The summed E-state index contributed by atoms with van der Waals surface area (Å²) in [4.78, 5) is 22.7. The standard InChI is InChI=1S/C12H23N3O3/c1-7(2)10(11(16)17)15-12(18)14-9-6-4-3-5-8(9)13/h7-10H,3-6,13H2,1-2H3,(H,16,17)(H2,14,15,18)/t8?,9?,10-/m0/s1. The first-order chi connectivity index (χ1) is 8.41. The van der Waals surface area contributed by atoms with E-state index in [-0.39, 0.29) is 18.0 Å². The number of carbonyl (C=O) groups is 2. The monoisotopic (exact) mass is 257 g/mol. The molecular formula is C12H23N3O3. The zero-order valence-electron chi connectivity index (χ0n) is 11.0. The Balaban J connectivity index is 2.47. The molecule has 5 N–H and O–H groups in total. The molecule has 2 amide bonds. The Kier molecular flexibility index (Phi) is 5.40. The highest BCUT2D eigenvalue weighted by Gasteiger charge is 2.27. The summed E-state index contributed by atoms with van der Waals surface area (Å²) >= 11 is 0. The van der Waals surface area contributed by atoms with Gasteiger partial charge in [0.2, 0.25) is 0 Å². The van der Waals surface area contributed by atoms with Crippen LogP contribution in [0.1, 0.15) is 39.5 Å². The van der Waals surface area contributed by atoms with Crippen molar-refractivity contribution in [3.63, 3.8) is 0 Å². The van der Waals surface area contributed by atoms with Crippen LogP contribution in [0.2, 0.25) is 0 Å². The highest BCUT2D eigenvalue weighted by molar-refractivity contribution is 5.82. The van der Waals surface area contributed by atoms with Crippen LogP contribution in [-0.2, 0) is 4.79 Å². The van der Waals surface area contributed by atoms with E-state index in [9.17, 15) is 9.59 Å². The SMILES string of the molecule is CC(C)[C@H](NC(=O)NC1CCCCC1N)C(=O)O. The van der Waals surface area contributed by atoms with E-state index in [1.165, 1.54) is 0 Å². The second-order valence-electron chi connectivity index (χ2n) is 5.23. The van der Waals surface area contributed by atoms with Crippen LogP contribution < -0.4 is 16.4 Å². The number of nitrogens with two attached hydrogens (primary N) is 1. The molecular weight excluding hydrogens is 234 g/mol. The minimum Gasteiger partial charge on any atom is -0.480 e. The van der Waals surface area contributed by atoms with Crippen LogP contribution in [0.5, 0.6) is 0 Å². The maximum atomic E-state index is 11.7. The molecule has 1 fully saturated rings. The molecule has 1 saturated carbocycles. The molecule has 1 aliphatic carbocycles. The van der Waals surface area contributed by atoms with Crippen molar-refractivity contribution >= 4 is 12.0 Å². The highest BCUT2D eigenvalue weighted by atomic mass is 16.4. The molecule has 0 aromatic rings. The van der Waals surface area contributed by atoms with Gasteiger partial charge in [-0.05, 0) is 18.8 Å². The molecule has 6 nitrogen and oxygen atoms in total. The summed E-state index contributed by atoms with van der Waals surface area (Å²) in [5.41, 5.74) is 5.92. The Labute approximate surface area is 107 Å². The van der Waals surface area contributed by atoms with Gasteiger partial charge in [0.1, 0.15) is 6.04 Å². The highest BCUT2D eigenvalue weighted by Crippen LogP contribution is 2.16. The lowest BCUT2D eigenvalue weighted by molar-refractivity contribution is -0.140. The van der Waals surface area contributed by atoms with E-state index in [1.807, 2.05) is 0 Å². The molecule has 0 aliphatic heterocycles. The molecule has 0 saturated heterocycles. The lowest BCUT2D eigenvalue weighted by Crippen LogP contribution is -2.55. The van der Waals surface area contributed by atoms with Gasteiger partial charge in [0.05, 0.1) is 0 Å². The van der Waals surface area contributed by atoms with Gasteiger partial charge in [-0.3, -0.25) is 0 Å². The number of carboxylic acid groups (broad SMARTS) is 1. The smallest absolute Gasteiger partial charge is 0.326 e. The number of hydrogen-bond acceptors (Lipinski definition) is 3. The van der Waals surface area contributed by atoms with Gasteiger partial charge in [0, 0.05) is 12.1 Å². The van der Waals surface area contributed by atoms with Crippen molar-refractivity contribution < 1.29 is 14.7 Å². The summed E-state index contributed by atoms with van der Waals surface area (Å²) in [5.74, 6) is -1.18. The average Bonchev–Trinajstić information content (AvgIpc) is 2.28. The van der Waals surface area contributed by atoms with Gasteiger partial charge in [-0.2, -0.15) is 0 Å². The quantitative estimate of drug-likeness (QED) is 0.594. The number of nitrogens with one attached hydrogen (secondary N) is 2. The lowest BCUT2D eigenvalue weighted by atomic mass is 9.91. The molecule has 18 heavy (non-hydrogen) atoms. The molecule has 2 unspecified atom stereocenters. The number of hydrogen-bond donors (Lipinski definition) is 4. The number of amides is 2. The van der Waals surface area contributed by atoms with Gasteiger partial charge in [-0.1, -0.05) is 26.7 Å². The summed E-state index contributed by atoms with van der Waals surface area (Å²) < 4.78 is 0. The third-order valence-corrected chi connectivity index (χ3v) is 3.36. The van der Waals surface area contributed by atoms with Crippen LogP contribution in [0.4, 0.5) is 4.79 Å². The number of urea groups is 1. The Morgan fingerprint density at radius 3 is 2.39 bits per heavy atom. The van der Waals surface area contributed by atoms with E-state index < -0.39 is 18.0 Å². The van der Waals surface area contributed by atoms with Crippen molar-refractivity contribution in [2.45, 2.75) is 57.7 Å². The summed E-state index contributed by atoms with van der Waals surface area (Å²) in [6, 6.07) is -1.41. The second-order valence-corrected chi connectivity index (χ2v) is 5.23. The van der Waals surface area contributed by atoms with Crippen molar-refractivity contribution in [2.24, 2.45) is 11.7 Å². The Bertz CT molecular complexity index is 307. The van der Waals surface area contributed by atoms with Crippen LogP contribution in [0.3, 0.4) is 0 Å². The molecule has 3 atom stereocenters. The molecule has 0 spiro atoms. The number of carboxylic acids is 1. The van der Waals surface area contributed by atoms with E-state index in [1.54, 1.807) is 13.8 Å². The topological polar surface area (TPSA) is 104 Å². The van der Waals surface area contributed by atoms with Crippen molar-refractivity contribution in [1.82, 2.24) is 10.6 Å². The molecule has 0 aromatic carbocycles. The fourth-order valence-corrected chi connectivity index (χ4v) is 2.20. The molecule has 0 bridgehead atoms. The van der Waals surface area contributed by atoms with Crippen LogP contribution >= 0.6 is 0 Å². The molecule has 1 aliphatic rings. The van der Waals surface area contributed by atoms with E-state index in [0.29, 0.717) is 0 Å². The van der Waals surface area contributed by atoms with Gasteiger partial charge in [-0.15, -0.1) is 0 Å². The minimum absolute atomic E-state index is 0.0353.